The molecule has 0 bridgehead atoms. The molecular formula is C22H25N3O2S2. The number of nitrogens with zero attached hydrogens (tertiary/aromatic N) is 3. The second-order valence-corrected chi connectivity index (χ2v) is 10.2. The van der Waals surface area contributed by atoms with Gasteiger partial charge in [-0.05, 0) is 36.9 Å². The molecule has 0 saturated carbocycles. The lowest BCUT2D eigenvalue weighted by atomic mass is 9.94. The summed E-state index contributed by atoms with van der Waals surface area (Å²) in [6.07, 6.45) is 3.10. The highest BCUT2D eigenvalue weighted by Crippen LogP contribution is 2.41. The molecule has 7 heteroatoms. The van der Waals surface area contributed by atoms with Gasteiger partial charge < -0.3 is 9.64 Å². The minimum absolute atomic E-state index is 0.182. The van der Waals surface area contributed by atoms with Gasteiger partial charge >= 0.3 is 0 Å². The Morgan fingerprint density at radius 2 is 2.03 bits per heavy atom. The third kappa shape index (κ3) is 3.84. The third-order valence-corrected chi connectivity index (χ3v) is 7.93. The van der Waals surface area contributed by atoms with E-state index in [-0.39, 0.29) is 5.91 Å². The number of benzene rings is 1. The topological polar surface area (TPSA) is 45.7 Å². The number of fused-ring (bicyclic) bond motifs is 1. The van der Waals surface area contributed by atoms with Crippen LogP contribution in [0.2, 0.25) is 0 Å². The Hall–Kier alpha value is -1.80. The maximum atomic E-state index is 13.4. The molecule has 1 aromatic carbocycles. The fourth-order valence-corrected chi connectivity index (χ4v) is 6.55. The molecule has 2 aliphatic rings. The number of likely N-dealkylation sites (tertiary alicyclic amines) is 1. The molecule has 3 aromatic rings. The van der Waals surface area contributed by atoms with E-state index in [1.165, 1.54) is 20.5 Å². The predicted octanol–water partition coefficient (Wildman–Crippen LogP) is 4.13. The van der Waals surface area contributed by atoms with Gasteiger partial charge in [-0.1, -0.05) is 18.2 Å². The molecule has 0 N–H and O–H groups in total. The number of amides is 1. The molecular weight excluding hydrogens is 402 g/mol. The van der Waals surface area contributed by atoms with Gasteiger partial charge in [0.05, 0.1) is 23.1 Å². The maximum absolute atomic E-state index is 13.4. The van der Waals surface area contributed by atoms with Crippen molar-refractivity contribution in [3.8, 4) is 0 Å². The smallest absolute Gasteiger partial charge is 0.264 e. The number of thiazole rings is 1. The Morgan fingerprint density at radius 1 is 1.21 bits per heavy atom. The highest BCUT2D eigenvalue weighted by molar-refractivity contribution is 7.21. The van der Waals surface area contributed by atoms with Crippen molar-refractivity contribution in [1.29, 1.82) is 0 Å². The first-order valence-electron chi connectivity index (χ1n) is 10.2. The SMILES string of the molecule is Cc1ncc(CN2CCC(c3c(C(=O)N4CCOCC4)sc4ccccc34)C2)s1. The van der Waals surface area contributed by atoms with Gasteiger partial charge in [-0.2, -0.15) is 0 Å². The van der Waals surface area contributed by atoms with Gasteiger partial charge in [0.2, 0.25) is 0 Å². The van der Waals surface area contributed by atoms with Crippen LogP contribution in [0.5, 0.6) is 0 Å². The van der Waals surface area contributed by atoms with E-state index in [1.807, 2.05) is 11.1 Å². The Kier molecular flexibility index (Phi) is 5.39. The number of aryl methyl sites for hydroxylation is 1. The summed E-state index contributed by atoms with van der Waals surface area (Å²) in [4.78, 5) is 24.5. The molecule has 2 aromatic heterocycles. The predicted molar refractivity (Wildman–Crippen MR) is 118 cm³/mol. The van der Waals surface area contributed by atoms with E-state index in [9.17, 15) is 4.79 Å². The number of hydrogen-bond acceptors (Lipinski definition) is 6. The average Bonchev–Trinajstić information content (AvgIpc) is 3.46. The molecule has 4 heterocycles. The largest absolute Gasteiger partial charge is 0.378 e. The fourth-order valence-electron chi connectivity index (χ4n) is 4.45. The molecule has 0 aliphatic carbocycles. The summed E-state index contributed by atoms with van der Waals surface area (Å²) in [6.45, 7) is 7.73. The van der Waals surface area contributed by atoms with Crippen LogP contribution < -0.4 is 0 Å². The number of rotatable bonds is 4. The normalized spacial score (nSPS) is 20.6. The van der Waals surface area contributed by atoms with Crippen LogP contribution in [0.1, 0.15) is 37.5 Å². The number of thiophene rings is 1. The van der Waals surface area contributed by atoms with Crippen molar-refractivity contribution in [2.24, 2.45) is 0 Å². The van der Waals surface area contributed by atoms with Crippen LogP contribution in [0.15, 0.2) is 30.5 Å². The molecule has 1 amide bonds. The molecule has 1 atom stereocenters. The van der Waals surface area contributed by atoms with E-state index in [2.05, 4.69) is 41.1 Å². The molecule has 5 rings (SSSR count). The van der Waals surface area contributed by atoms with E-state index in [0.717, 1.165) is 35.9 Å². The van der Waals surface area contributed by atoms with Crippen LogP contribution in [0.3, 0.4) is 0 Å². The second kappa shape index (κ2) is 8.14. The van der Waals surface area contributed by atoms with E-state index >= 15 is 0 Å². The zero-order valence-corrected chi connectivity index (χ0v) is 18.2. The van der Waals surface area contributed by atoms with Crippen LogP contribution in [0.4, 0.5) is 0 Å². The standard InChI is InChI=1S/C22H25N3O2S2/c1-15-23-12-17(28-15)14-24-7-6-16(13-24)20-18-4-2-3-5-19(18)29-21(20)22(26)25-8-10-27-11-9-25/h2-5,12,16H,6-11,13-14H2,1H3. The van der Waals surface area contributed by atoms with Gasteiger partial charge in [-0.25, -0.2) is 4.98 Å². The number of ether oxygens (including phenoxy) is 1. The summed E-state index contributed by atoms with van der Waals surface area (Å²) < 4.78 is 6.66. The quantitative estimate of drug-likeness (QED) is 0.628. The molecule has 2 aliphatic heterocycles. The Labute approximate surface area is 178 Å². The van der Waals surface area contributed by atoms with Crippen LogP contribution in [0.25, 0.3) is 10.1 Å². The number of carbonyl (C=O) groups is 1. The summed E-state index contributed by atoms with van der Waals surface area (Å²) in [5, 5.41) is 2.38. The monoisotopic (exact) mass is 427 g/mol. The summed E-state index contributed by atoms with van der Waals surface area (Å²) in [6, 6.07) is 8.49. The minimum Gasteiger partial charge on any atom is -0.378 e. The summed E-state index contributed by atoms with van der Waals surface area (Å²) in [5.74, 6) is 0.584. The van der Waals surface area contributed by atoms with Gasteiger partial charge in [-0.3, -0.25) is 9.69 Å². The number of morpholine rings is 1. The summed E-state index contributed by atoms with van der Waals surface area (Å²) in [5.41, 5.74) is 1.27. The fraction of sp³-hybridized carbons (Fsp3) is 0.455. The molecule has 152 valence electrons. The highest BCUT2D eigenvalue weighted by atomic mass is 32.1. The second-order valence-electron chi connectivity index (χ2n) is 7.81. The average molecular weight is 428 g/mol. The maximum Gasteiger partial charge on any atom is 0.264 e. The van der Waals surface area contributed by atoms with Crippen molar-refractivity contribution in [2.45, 2.75) is 25.8 Å². The highest BCUT2D eigenvalue weighted by Gasteiger charge is 2.32. The van der Waals surface area contributed by atoms with E-state index in [4.69, 9.17) is 4.74 Å². The van der Waals surface area contributed by atoms with Crippen LogP contribution in [0, 0.1) is 6.92 Å². The molecule has 29 heavy (non-hydrogen) atoms. The zero-order chi connectivity index (χ0) is 19.8. The first-order valence-corrected chi connectivity index (χ1v) is 11.8. The first kappa shape index (κ1) is 19.2. The van der Waals surface area contributed by atoms with Gasteiger partial charge in [0.1, 0.15) is 0 Å². The van der Waals surface area contributed by atoms with Gasteiger partial charge in [0.25, 0.3) is 5.91 Å². The van der Waals surface area contributed by atoms with Crippen molar-refractivity contribution in [1.82, 2.24) is 14.8 Å². The first-order chi connectivity index (χ1) is 14.2. The van der Waals surface area contributed by atoms with Gasteiger partial charge in [-0.15, -0.1) is 22.7 Å². The van der Waals surface area contributed by atoms with Gasteiger partial charge in [0.15, 0.2) is 0 Å². The summed E-state index contributed by atoms with van der Waals surface area (Å²) >= 11 is 3.44. The van der Waals surface area contributed by atoms with E-state index in [0.29, 0.717) is 32.2 Å². The van der Waals surface area contributed by atoms with Crippen LogP contribution in [-0.4, -0.2) is 60.1 Å². The van der Waals surface area contributed by atoms with Crippen molar-refractivity contribution in [2.75, 3.05) is 39.4 Å². The number of carbonyl (C=O) groups excluding carboxylic acids is 1. The molecule has 1 unspecified atom stereocenters. The molecule has 0 spiro atoms. The Morgan fingerprint density at radius 3 is 2.83 bits per heavy atom. The number of hydrogen-bond donors (Lipinski definition) is 0. The zero-order valence-electron chi connectivity index (χ0n) is 16.6. The van der Waals surface area contributed by atoms with Crippen molar-refractivity contribution >= 4 is 38.7 Å². The Bertz CT molecular complexity index is 1020. The van der Waals surface area contributed by atoms with Gasteiger partial charge in [0, 0.05) is 47.9 Å². The Balaban J connectivity index is 1.43. The molecule has 5 nitrogen and oxygen atoms in total. The van der Waals surface area contributed by atoms with E-state index in [1.54, 1.807) is 22.7 Å². The molecule has 2 fully saturated rings. The number of aromatic nitrogens is 1. The lowest BCUT2D eigenvalue weighted by Gasteiger charge is -2.27. The van der Waals surface area contributed by atoms with E-state index < -0.39 is 0 Å². The summed E-state index contributed by atoms with van der Waals surface area (Å²) in [7, 11) is 0. The molecule has 0 radical (unpaired) electrons. The minimum atomic E-state index is 0.182. The lowest BCUT2D eigenvalue weighted by molar-refractivity contribution is 0.0305. The van der Waals surface area contributed by atoms with Crippen LogP contribution >= 0.6 is 22.7 Å². The van der Waals surface area contributed by atoms with Crippen molar-refractivity contribution in [3.63, 3.8) is 0 Å². The van der Waals surface area contributed by atoms with Crippen LogP contribution in [-0.2, 0) is 11.3 Å². The third-order valence-electron chi connectivity index (χ3n) is 5.86. The van der Waals surface area contributed by atoms with Crippen molar-refractivity contribution < 1.29 is 9.53 Å². The van der Waals surface area contributed by atoms with Crippen molar-refractivity contribution in [3.05, 3.63) is 50.8 Å². The molecule has 2 saturated heterocycles. The lowest BCUT2D eigenvalue weighted by Crippen LogP contribution is -2.40.